The van der Waals surface area contributed by atoms with Crippen LogP contribution in [0.3, 0.4) is 0 Å². The molecule has 3 aliphatic rings. The number of rotatable bonds is 5. The highest BCUT2D eigenvalue weighted by Gasteiger charge is 2.32. The van der Waals surface area contributed by atoms with Gasteiger partial charge in [0.05, 0.1) is 13.2 Å². The third kappa shape index (κ3) is 4.20. The van der Waals surface area contributed by atoms with Gasteiger partial charge in [0.25, 0.3) is 0 Å². The Balaban J connectivity index is 1.42. The molecule has 5 heteroatoms. The van der Waals surface area contributed by atoms with Crippen molar-refractivity contribution in [3.63, 3.8) is 0 Å². The molecule has 25 heavy (non-hydrogen) atoms. The second-order valence-corrected chi connectivity index (χ2v) is 8.05. The Kier molecular flexibility index (Phi) is 5.94. The summed E-state index contributed by atoms with van der Waals surface area (Å²) >= 11 is 6.54. The predicted octanol–water partition coefficient (Wildman–Crippen LogP) is 2.93. The van der Waals surface area contributed by atoms with Crippen molar-refractivity contribution in [2.45, 2.75) is 43.8 Å². The molecule has 4 rings (SSSR count). The minimum atomic E-state index is 0.333. The first kappa shape index (κ1) is 17.7. The van der Waals surface area contributed by atoms with Gasteiger partial charge in [0.2, 0.25) is 0 Å². The van der Waals surface area contributed by atoms with Crippen molar-refractivity contribution in [3.05, 3.63) is 34.9 Å². The van der Waals surface area contributed by atoms with Gasteiger partial charge in [-0.25, -0.2) is 0 Å². The normalized spacial score (nSPS) is 29.5. The van der Waals surface area contributed by atoms with Crippen LogP contribution in [-0.2, 0) is 4.74 Å². The Morgan fingerprint density at radius 1 is 1.12 bits per heavy atom. The van der Waals surface area contributed by atoms with Gasteiger partial charge in [-0.1, -0.05) is 29.8 Å². The van der Waals surface area contributed by atoms with Gasteiger partial charge < -0.3 is 15.0 Å². The number of piperidine rings is 1. The van der Waals surface area contributed by atoms with E-state index in [0.29, 0.717) is 12.1 Å². The molecule has 0 unspecified atom stereocenters. The highest BCUT2D eigenvalue weighted by molar-refractivity contribution is 6.31. The fraction of sp³-hybridized carbons (Fsp3) is 0.700. The van der Waals surface area contributed by atoms with E-state index in [4.69, 9.17) is 16.3 Å². The van der Waals surface area contributed by atoms with E-state index in [2.05, 4.69) is 27.2 Å². The highest BCUT2D eigenvalue weighted by Crippen LogP contribution is 2.30. The Hall–Kier alpha value is -0.650. The first-order valence-electron chi connectivity index (χ1n) is 9.85. The summed E-state index contributed by atoms with van der Waals surface area (Å²) in [5.41, 5.74) is 1.25. The Morgan fingerprint density at radius 3 is 2.80 bits per heavy atom. The first-order valence-corrected chi connectivity index (χ1v) is 10.2. The molecule has 1 aromatic rings. The van der Waals surface area contributed by atoms with Crippen molar-refractivity contribution in [2.24, 2.45) is 0 Å². The molecule has 3 heterocycles. The number of nitrogens with one attached hydrogen (secondary N) is 1. The van der Waals surface area contributed by atoms with E-state index in [1.165, 1.54) is 44.3 Å². The summed E-state index contributed by atoms with van der Waals surface area (Å²) < 4.78 is 5.56. The summed E-state index contributed by atoms with van der Waals surface area (Å²) in [6, 6.07) is 10.1. The molecule has 3 aliphatic heterocycles. The summed E-state index contributed by atoms with van der Waals surface area (Å²) in [7, 11) is 0. The maximum absolute atomic E-state index is 6.54. The van der Waals surface area contributed by atoms with Crippen molar-refractivity contribution in [1.82, 2.24) is 15.1 Å². The predicted molar refractivity (Wildman–Crippen MR) is 102 cm³/mol. The molecule has 3 atom stereocenters. The molecule has 4 nitrogen and oxygen atoms in total. The van der Waals surface area contributed by atoms with Crippen LogP contribution in [0.4, 0.5) is 0 Å². The van der Waals surface area contributed by atoms with E-state index < -0.39 is 0 Å². The van der Waals surface area contributed by atoms with E-state index in [0.717, 1.165) is 43.9 Å². The second-order valence-electron chi connectivity index (χ2n) is 7.65. The van der Waals surface area contributed by atoms with Crippen molar-refractivity contribution in [2.75, 3.05) is 45.9 Å². The monoisotopic (exact) mass is 363 g/mol. The van der Waals surface area contributed by atoms with Crippen LogP contribution in [0.15, 0.2) is 24.3 Å². The summed E-state index contributed by atoms with van der Waals surface area (Å²) in [4.78, 5) is 5.22. The average Bonchev–Trinajstić information content (AvgIpc) is 3.12. The smallest absolute Gasteiger partial charge is 0.0594 e. The van der Waals surface area contributed by atoms with Gasteiger partial charge in [-0.15, -0.1) is 0 Å². The lowest BCUT2D eigenvalue weighted by Gasteiger charge is -2.39. The topological polar surface area (TPSA) is 27.7 Å². The Morgan fingerprint density at radius 2 is 1.96 bits per heavy atom. The van der Waals surface area contributed by atoms with E-state index in [1.54, 1.807) is 0 Å². The van der Waals surface area contributed by atoms with E-state index in [1.807, 2.05) is 12.1 Å². The van der Waals surface area contributed by atoms with Crippen LogP contribution < -0.4 is 5.32 Å². The van der Waals surface area contributed by atoms with Crippen LogP contribution in [0.5, 0.6) is 0 Å². The molecule has 3 saturated heterocycles. The molecule has 0 aliphatic carbocycles. The van der Waals surface area contributed by atoms with Gasteiger partial charge in [-0.2, -0.15) is 0 Å². The molecule has 0 aromatic heterocycles. The number of hydrogen-bond acceptors (Lipinski definition) is 4. The van der Waals surface area contributed by atoms with Crippen LogP contribution in [-0.4, -0.2) is 67.8 Å². The summed E-state index contributed by atoms with van der Waals surface area (Å²) in [6.07, 6.45) is 5.34. The van der Waals surface area contributed by atoms with Gasteiger partial charge in [0, 0.05) is 42.8 Å². The SMILES string of the molecule is Clc1ccccc1[C@H](CN[C@H]1CCN2CCC[C@@H]2C1)N1CCOCC1. The molecule has 0 amide bonds. The van der Waals surface area contributed by atoms with Crippen molar-refractivity contribution in [1.29, 1.82) is 0 Å². The fourth-order valence-corrected chi connectivity index (χ4v) is 5.02. The summed E-state index contributed by atoms with van der Waals surface area (Å²) in [5.74, 6) is 0. The molecule has 138 valence electrons. The van der Waals surface area contributed by atoms with E-state index in [-0.39, 0.29) is 0 Å². The number of halogens is 1. The molecular formula is C20H30ClN3O. The quantitative estimate of drug-likeness (QED) is 0.870. The zero-order valence-corrected chi connectivity index (χ0v) is 15.8. The average molecular weight is 364 g/mol. The maximum atomic E-state index is 6.54. The summed E-state index contributed by atoms with van der Waals surface area (Å²) in [6.45, 7) is 7.16. The molecule has 0 bridgehead atoms. The van der Waals surface area contributed by atoms with Gasteiger partial charge in [0.1, 0.15) is 0 Å². The van der Waals surface area contributed by atoms with Gasteiger partial charge in [-0.3, -0.25) is 4.90 Å². The second kappa shape index (κ2) is 8.36. The number of morpholine rings is 1. The molecular weight excluding hydrogens is 334 g/mol. The molecule has 3 fully saturated rings. The first-order chi connectivity index (χ1) is 12.3. The van der Waals surface area contributed by atoms with Crippen LogP contribution >= 0.6 is 11.6 Å². The highest BCUT2D eigenvalue weighted by atomic mass is 35.5. The van der Waals surface area contributed by atoms with Crippen molar-refractivity contribution < 1.29 is 4.74 Å². The lowest BCUT2D eigenvalue weighted by atomic mass is 9.96. The van der Waals surface area contributed by atoms with Crippen molar-refractivity contribution in [3.8, 4) is 0 Å². The minimum Gasteiger partial charge on any atom is -0.379 e. The largest absolute Gasteiger partial charge is 0.379 e. The molecule has 0 saturated carbocycles. The third-order valence-corrected chi connectivity index (χ3v) is 6.52. The fourth-order valence-electron chi connectivity index (χ4n) is 4.76. The van der Waals surface area contributed by atoms with Gasteiger partial charge >= 0.3 is 0 Å². The standard InChI is InChI=1S/C20H30ClN3O/c21-19-6-2-1-5-18(19)20(24-10-12-25-13-11-24)15-22-16-7-9-23-8-3-4-17(23)14-16/h1-2,5-6,16-17,20,22H,3-4,7-15H2/t16-,17+,20-/m0/s1. The molecule has 1 N–H and O–H groups in total. The van der Waals surface area contributed by atoms with E-state index >= 15 is 0 Å². The molecule has 1 aromatic carbocycles. The number of hydrogen-bond donors (Lipinski definition) is 1. The number of nitrogens with zero attached hydrogens (tertiary/aromatic N) is 2. The number of benzene rings is 1. The van der Waals surface area contributed by atoms with Crippen LogP contribution in [0.1, 0.15) is 37.3 Å². The molecule has 0 radical (unpaired) electrons. The number of ether oxygens (including phenoxy) is 1. The zero-order valence-electron chi connectivity index (χ0n) is 15.0. The van der Waals surface area contributed by atoms with Crippen LogP contribution in [0, 0.1) is 0 Å². The Bertz CT molecular complexity index is 564. The number of fused-ring (bicyclic) bond motifs is 1. The van der Waals surface area contributed by atoms with Gasteiger partial charge in [0.15, 0.2) is 0 Å². The third-order valence-electron chi connectivity index (χ3n) is 6.17. The van der Waals surface area contributed by atoms with Crippen LogP contribution in [0.25, 0.3) is 0 Å². The zero-order chi connectivity index (χ0) is 17.1. The minimum absolute atomic E-state index is 0.333. The Labute approximate surface area is 156 Å². The van der Waals surface area contributed by atoms with Gasteiger partial charge in [-0.05, 0) is 50.4 Å². The van der Waals surface area contributed by atoms with Crippen molar-refractivity contribution >= 4 is 11.6 Å². The summed E-state index contributed by atoms with van der Waals surface area (Å²) in [5, 5.41) is 4.77. The lowest BCUT2D eigenvalue weighted by Crippen LogP contribution is -2.49. The lowest BCUT2D eigenvalue weighted by molar-refractivity contribution is 0.0149. The maximum Gasteiger partial charge on any atom is 0.0594 e. The van der Waals surface area contributed by atoms with Crippen LogP contribution in [0.2, 0.25) is 5.02 Å². The molecule has 0 spiro atoms. The van der Waals surface area contributed by atoms with E-state index in [9.17, 15) is 0 Å².